The Morgan fingerprint density at radius 2 is 2.00 bits per heavy atom. The summed E-state index contributed by atoms with van der Waals surface area (Å²) < 4.78 is 8.56. The molecule has 0 saturated carbocycles. The maximum Gasteiger partial charge on any atom is 0.329 e. The Balaban J connectivity index is 1.57. The number of hydrogen-bond acceptors (Lipinski definition) is 5. The number of rotatable bonds is 4. The van der Waals surface area contributed by atoms with E-state index in [9.17, 15) is 9.59 Å². The van der Waals surface area contributed by atoms with Crippen molar-refractivity contribution in [3.05, 3.63) is 46.5 Å². The number of likely N-dealkylation sites (tertiary alicyclic amines) is 1. The van der Waals surface area contributed by atoms with E-state index in [1.165, 1.54) is 0 Å². The number of fused-ring (bicyclic) bond motifs is 1. The van der Waals surface area contributed by atoms with Crippen molar-refractivity contribution < 1.29 is 9.32 Å². The third kappa shape index (κ3) is 3.15. The van der Waals surface area contributed by atoms with Crippen molar-refractivity contribution in [3.8, 4) is 0 Å². The molecule has 1 atom stereocenters. The molecule has 0 radical (unpaired) electrons. The molecule has 1 amide bonds. The minimum absolute atomic E-state index is 0.0436. The van der Waals surface area contributed by atoms with Crippen LogP contribution in [0.5, 0.6) is 0 Å². The van der Waals surface area contributed by atoms with Crippen LogP contribution in [0.2, 0.25) is 0 Å². The van der Waals surface area contributed by atoms with Crippen LogP contribution in [0.25, 0.3) is 11.0 Å². The number of carbonyl (C=O) groups is 1. The van der Waals surface area contributed by atoms with Crippen molar-refractivity contribution in [2.45, 2.75) is 45.7 Å². The number of carbonyl (C=O) groups excluding carboxylic acids is 1. The summed E-state index contributed by atoms with van der Waals surface area (Å²) in [5.41, 5.74) is 1.50. The first-order chi connectivity index (χ1) is 13.1. The summed E-state index contributed by atoms with van der Waals surface area (Å²) in [6.07, 6.45) is 1.80. The summed E-state index contributed by atoms with van der Waals surface area (Å²) in [5.74, 6) is 1.19. The molecule has 0 N–H and O–H groups in total. The molecular formula is C19H23N5O3. The summed E-state index contributed by atoms with van der Waals surface area (Å²) in [7, 11) is 0. The molecule has 3 aromatic rings. The van der Waals surface area contributed by atoms with Gasteiger partial charge in [0, 0.05) is 19.6 Å². The molecule has 4 rings (SSSR count). The first-order valence-electron chi connectivity index (χ1n) is 9.34. The molecule has 1 fully saturated rings. The highest BCUT2D eigenvalue weighted by Crippen LogP contribution is 2.26. The second-order valence-corrected chi connectivity index (χ2v) is 6.96. The Morgan fingerprint density at radius 3 is 2.67 bits per heavy atom. The van der Waals surface area contributed by atoms with Gasteiger partial charge in [0.1, 0.15) is 6.54 Å². The van der Waals surface area contributed by atoms with Crippen molar-refractivity contribution in [1.82, 2.24) is 24.2 Å². The largest absolute Gasteiger partial charge is 0.340 e. The van der Waals surface area contributed by atoms with Crippen LogP contribution in [-0.2, 0) is 17.9 Å². The fourth-order valence-electron chi connectivity index (χ4n) is 3.85. The lowest BCUT2D eigenvalue weighted by Gasteiger charge is -2.31. The van der Waals surface area contributed by atoms with E-state index in [0.717, 1.165) is 23.9 Å². The van der Waals surface area contributed by atoms with E-state index in [1.807, 2.05) is 31.2 Å². The van der Waals surface area contributed by atoms with Crippen molar-refractivity contribution in [1.29, 1.82) is 0 Å². The Bertz CT molecular complexity index is 1030. The molecule has 27 heavy (non-hydrogen) atoms. The fraction of sp³-hybridized carbons (Fsp3) is 0.474. The summed E-state index contributed by atoms with van der Waals surface area (Å²) in [6, 6.07) is 7.59. The molecule has 0 spiro atoms. The molecule has 3 heterocycles. The minimum atomic E-state index is -0.145. The highest BCUT2D eigenvalue weighted by atomic mass is 16.5. The van der Waals surface area contributed by atoms with Gasteiger partial charge in [0.15, 0.2) is 5.82 Å². The first kappa shape index (κ1) is 17.5. The van der Waals surface area contributed by atoms with Crippen LogP contribution in [-0.4, -0.2) is 43.2 Å². The van der Waals surface area contributed by atoms with Gasteiger partial charge in [0.25, 0.3) is 0 Å². The van der Waals surface area contributed by atoms with E-state index < -0.39 is 0 Å². The summed E-state index contributed by atoms with van der Waals surface area (Å²) in [4.78, 5) is 31.8. The third-order valence-electron chi connectivity index (χ3n) is 5.20. The normalized spacial score (nSPS) is 17.6. The average molecular weight is 369 g/mol. The fourth-order valence-corrected chi connectivity index (χ4v) is 3.85. The van der Waals surface area contributed by atoms with E-state index in [2.05, 4.69) is 10.1 Å². The lowest BCUT2D eigenvalue weighted by molar-refractivity contribution is -0.133. The van der Waals surface area contributed by atoms with Crippen molar-refractivity contribution >= 4 is 16.9 Å². The average Bonchev–Trinajstić information content (AvgIpc) is 3.23. The molecule has 0 aliphatic carbocycles. The summed E-state index contributed by atoms with van der Waals surface area (Å²) in [5, 5.41) is 3.85. The number of aryl methyl sites for hydroxylation is 2. The maximum atomic E-state index is 12.9. The molecule has 1 aliphatic rings. The zero-order valence-corrected chi connectivity index (χ0v) is 15.6. The number of nitrogens with zero attached hydrogens (tertiary/aromatic N) is 5. The lowest BCUT2D eigenvalue weighted by atomic mass is 9.98. The number of benzene rings is 1. The third-order valence-corrected chi connectivity index (χ3v) is 5.20. The second kappa shape index (κ2) is 7.02. The molecule has 0 unspecified atom stereocenters. The number of piperidine rings is 1. The van der Waals surface area contributed by atoms with Gasteiger partial charge in [-0.05, 0) is 38.8 Å². The van der Waals surface area contributed by atoms with Crippen LogP contribution in [0, 0.1) is 6.92 Å². The Kier molecular flexibility index (Phi) is 4.55. The topological polar surface area (TPSA) is 86.2 Å². The number of hydrogen-bond donors (Lipinski definition) is 0. The van der Waals surface area contributed by atoms with Crippen molar-refractivity contribution in [2.24, 2.45) is 0 Å². The molecule has 0 bridgehead atoms. The lowest BCUT2D eigenvalue weighted by Crippen LogP contribution is -2.42. The number of aromatic nitrogens is 4. The highest BCUT2D eigenvalue weighted by molar-refractivity contribution is 5.81. The zero-order chi connectivity index (χ0) is 19.0. The number of imidazole rings is 1. The van der Waals surface area contributed by atoms with Crippen LogP contribution < -0.4 is 5.69 Å². The van der Waals surface area contributed by atoms with Crippen molar-refractivity contribution in [3.63, 3.8) is 0 Å². The standard InChI is InChI=1S/C19H23N5O3/c1-3-23-15-8-4-5-9-16(15)24(19(23)26)12-17(25)22-10-6-7-14(11-22)18-20-13(2)21-27-18/h4-5,8-9,14H,3,6-7,10-12H2,1-2H3/t14-/m0/s1. The maximum absolute atomic E-state index is 12.9. The SMILES string of the molecule is CCn1c(=O)n(CC(=O)N2CCC[C@H](c3nc(C)no3)C2)c2ccccc21. The minimum Gasteiger partial charge on any atom is -0.340 e. The highest BCUT2D eigenvalue weighted by Gasteiger charge is 2.29. The molecular weight excluding hydrogens is 346 g/mol. The number of para-hydroxylation sites is 2. The monoisotopic (exact) mass is 369 g/mol. The van der Waals surface area contributed by atoms with Crippen LogP contribution in [0.15, 0.2) is 33.6 Å². The Labute approximate surface area is 156 Å². The van der Waals surface area contributed by atoms with Gasteiger partial charge in [-0.1, -0.05) is 17.3 Å². The van der Waals surface area contributed by atoms with Gasteiger partial charge < -0.3 is 9.42 Å². The predicted molar refractivity (Wildman–Crippen MR) is 99.5 cm³/mol. The molecule has 2 aromatic heterocycles. The molecule has 8 heteroatoms. The van der Waals surface area contributed by atoms with Gasteiger partial charge in [0.05, 0.1) is 17.0 Å². The Morgan fingerprint density at radius 1 is 1.26 bits per heavy atom. The predicted octanol–water partition coefficient (Wildman–Crippen LogP) is 1.92. The quantitative estimate of drug-likeness (QED) is 0.701. The molecule has 8 nitrogen and oxygen atoms in total. The summed E-state index contributed by atoms with van der Waals surface area (Å²) in [6.45, 7) is 5.56. The zero-order valence-electron chi connectivity index (χ0n) is 15.6. The molecule has 142 valence electrons. The summed E-state index contributed by atoms with van der Waals surface area (Å²) >= 11 is 0. The van der Waals surface area contributed by atoms with Gasteiger partial charge in [0.2, 0.25) is 11.8 Å². The smallest absolute Gasteiger partial charge is 0.329 e. The second-order valence-electron chi connectivity index (χ2n) is 6.96. The van der Waals surface area contributed by atoms with Gasteiger partial charge in [-0.15, -0.1) is 0 Å². The molecule has 1 saturated heterocycles. The van der Waals surface area contributed by atoms with E-state index in [0.29, 0.717) is 31.3 Å². The van der Waals surface area contributed by atoms with E-state index in [1.54, 1.807) is 21.0 Å². The van der Waals surface area contributed by atoms with Gasteiger partial charge in [-0.2, -0.15) is 4.98 Å². The van der Waals surface area contributed by atoms with Crippen LogP contribution >= 0.6 is 0 Å². The Hall–Kier alpha value is -2.90. The molecule has 1 aliphatic heterocycles. The van der Waals surface area contributed by atoms with Crippen LogP contribution in [0.4, 0.5) is 0 Å². The van der Waals surface area contributed by atoms with Gasteiger partial charge in [-0.25, -0.2) is 4.79 Å². The first-order valence-corrected chi connectivity index (χ1v) is 9.34. The van der Waals surface area contributed by atoms with Crippen molar-refractivity contribution in [2.75, 3.05) is 13.1 Å². The van der Waals surface area contributed by atoms with Gasteiger partial charge in [-0.3, -0.25) is 13.9 Å². The molecule has 1 aromatic carbocycles. The van der Waals surface area contributed by atoms with Crippen LogP contribution in [0.3, 0.4) is 0 Å². The van der Waals surface area contributed by atoms with E-state index in [-0.39, 0.29) is 24.1 Å². The van der Waals surface area contributed by atoms with Gasteiger partial charge >= 0.3 is 5.69 Å². The number of amides is 1. The van der Waals surface area contributed by atoms with Crippen LogP contribution in [0.1, 0.15) is 37.4 Å². The van der Waals surface area contributed by atoms with E-state index >= 15 is 0 Å². The van der Waals surface area contributed by atoms with E-state index in [4.69, 9.17) is 4.52 Å².